The van der Waals surface area contributed by atoms with Crippen molar-refractivity contribution < 1.29 is 17.9 Å². The van der Waals surface area contributed by atoms with Gasteiger partial charge in [0.05, 0.1) is 0 Å². The zero-order valence-electron chi connectivity index (χ0n) is 10.8. The molecule has 1 atom stereocenters. The molecule has 0 bridgehead atoms. The van der Waals surface area contributed by atoms with Crippen LogP contribution in [0, 0.1) is 0 Å². The first kappa shape index (κ1) is 14.2. The molecule has 0 spiro atoms. The Balaban J connectivity index is 2.00. The summed E-state index contributed by atoms with van der Waals surface area (Å²) in [6.07, 6.45) is 0.550. The molecule has 2 aliphatic rings. The van der Waals surface area contributed by atoms with Gasteiger partial charge in [0.15, 0.2) is 5.54 Å². The van der Waals surface area contributed by atoms with E-state index in [0.717, 1.165) is 10.8 Å². The highest BCUT2D eigenvalue weighted by Crippen LogP contribution is 2.39. The van der Waals surface area contributed by atoms with Crippen LogP contribution in [0.5, 0.6) is 5.75 Å². The fourth-order valence-corrected chi connectivity index (χ4v) is 3.32. The summed E-state index contributed by atoms with van der Waals surface area (Å²) in [5, 5.41) is 0.802. The number of ether oxygens (including phenoxy) is 1. The molecule has 0 amide bonds. The number of allylic oxidation sites excluding steroid dienone is 1. The zero-order chi connectivity index (χ0) is 14.9. The van der Waals surface area contributed by atoms with E-state index in [1.54, 1.807) is 30.1 Å². The Morgan fingerprint density at radius 1 is 1.29 bits per heavy atom. The SMILES string of the molecule is FC(F)(F)Oc1cccc(C2(C3=NCCS3)C=CC=N2)c1. The maximum Gasteiger partial charge on any atom is 0.573 e. The van der Waals surface area contributed by atoms with Crippen molar-refractivity contribution >= 4 is 23.0 Å². The summed E-state index contributed by atoms with van der Waals surface area (Å²) in [4.78, 5) is 8.85. The van der Waals surface area contributed by atoms with Crippen LogP contribution in [0.3, 0.4) is 0 Å². The second-order valence-electron chi connectivity index (χ2n) is 4.51. The smallest absolute Gasteiger partial charge is 0.406 e. The van der Waals surface area contributed by atoms with Crippen molar-refractivity contribution in [3.63, 3.8) is 0 Å². The Kier molecular flexibility index (Phi) is 3.52. The van der Waals surface area contributed by atoms with E-state index in [0.29, 0.717) is 12.1 Å². The van der Waals surface area contributed by atoms with Crippen molar-refractivity contribution in [2.75, 3.05) is 12.3 Å². The van der Waals surface area contributed by atoms with E-state index in [1.165, 1.54) is 18.2 Å². The first-order chi connectivity index (χ1) is 10.00. The van der Waals surface area contributed by atoms with Gasteiger partial charge in [-0.15, -0.1) is 24.9 Å². The molecule has 1 aromatic carbocycles. The van der Waals surface area contributed by atoms with Crippen LogP contribution in [0.1, 0.15) is 5.56 Å². The van der Waals surface area contributed by atoms with E-state index in [1.807, 2.05) is 6.08 Å². The first-order valence-electron chi connectivity index (χ1n) is 6.27. The Morgan fingerprint density at radius 2 is 2.14 bits per heavy atom. The minimum Gasteiger partial charge on any atom is -0.406 e. The molecule has 0 aliphatic carbocycles. The van der Waals surface area contributed by atoms with Crippen molar-refractivity contribution in [2.24, 2.45) is 9.98 Å². The average molecular weight is 312 g/mol. The van der Waals surface area contributed by atoms with Gasteiger partial charge in [0.25, 0.3) is 0 Å². The third-order valence-electron chi connectivity index (χ3n) is 3.12. The molecule has 1 aromatic rings. The van der Waals surface area contributed by atoms with Gasteiger partial charge in [0.1, 0.15) is 10.8 Å². The molecule has 3 rings (SSSR count). The van der Waals surface area contributed by atoms with Gasteiger partial charge in [-0.05, 0) is 29.8 Å². The highest BCUT2D eigenvalue weighted by Gasteiger charge is 2.39. The number of thioether (sulfide) groups is 1. The van der Waals surface area contributed by atoms with E-state index < -0.39 is 11.9 Å². The topological polar surface area (TPSA) is 34.0 Å². The van der Waals surface area contributed by atoms with Crippen LogP contribution in [0.2, 0.25) is 0 Å². The van der Waals surface area contributed by atoms with Crippen LogP contribution in [0.4, 0.5) is 13.2 Å². The van der Waals surface area contributed by atoms with Gasteiger partial charge in [-0.3, -0.25) is 9.98 Å². The van der Waals surface area contributed by atoms with Crippen LogP contribution in [-0.4, -0.2) is 29.9 Å². The lowest BCUT2D eigenvalue weighted by Crippen LogP contribution is -2.27. The Labute approximate surface area is 123 Å². The molecule has 21 heavy (non-hydrogen) atoms. The van der Waals surface area contributed by atoms with Crippen molar-refractivity contribution in [1.29, 1.82) is 0 Å². The molecule has 1 unspecified atom stereocenters. The molecule has 0 saturated carbocycles. The lowest BCUT2D eigenvalue weighted by atomic mass is 9.92. The summed E-state index contributed by atoms with van der Waals surface area (Å²) in [6.45, 7) is 0.698. The zero-order valence-corrected chi connectivity index (χ0v) is 11.6. The highest BCUT2D eigenvalue weighted by atomic mass is 32.2. The summed E-state index contributed by atoms with van der Waals surface area (Å²) in [5.41, 5.74) is -0.200. The second-order valence-corrected chi connectivity index (χ2v) is 5.60. The molecular formula is C14H11F3N2OS. The molecule has 0 aromatic heterocycles. The van der Waals surface area contributed by atoms with E-state index in [-0.39, 0.29) is 5.75 Å². The monoisotopic (exact) mass is 312 g/mol. The first-order valence-corrected chi connectivity index (χ1v) is 7.25. The van der Waals surface area contributed by atoms with E-state index >= 15 is 0 Å². The lowest BCUT2D eigenvalue weighted by Gasteiger charge is -2.25. The quantitative estimate of drug-likeness (QED) is 0.855. The van der Waals surface area contributed by atoms with Crippen LogP contribution in [-0.2, 0) is 5.54 Å². The molecule has 0 fully saturated rings. The van der Waals surface area contributed by atoms with Gasteiger partial charge in [-0.2, -0.15) is 0 Å². The number of hydrogen-bond donors (Lipinski definition) is 0. The molecule has 2 aliphatic heterocycles. The normalized spacial score (nSPS) is 24.4. The number of aliphatic imine (C=N–C) groups is 2. The van der Waals surface area contributed by atoms with Gasteiger partial charge in [0, 0.05) is 18.5 Å². The maximum absolute atomic E-state index is 12.4. The standard InChI is InChI=1S/C14H11F3N2OS/c15-14(16,17)20-11-4-1-3-10(9-11)13(5-2-6-19-13)12-18-7-8-21-12/h1-6,9H,7-8H2. The maximum atomic E-state index is 12.4. The largest absolute Gasteiger partial charge is 0.573 e. The molecular weight excluding hydrogens is 301 g/mol. The summed E-state index contributed by atoms with van der Waals surface area (Å²) in [6, 6.07) is 5.90. The third-order valence-corrected chi connectivity index (χ3v) is 4.22. The summed E-state index contributed by atoms with van der Waals surface area (Å²) >= 11 is 1.57. The number of alkyl halides is 3. The molecule has 2 heterocycles. The minimum atomic E-state index is -4.71. The molecule has 0 saturated heterocycles. The van der Waals surface area contributed by atoms with Crippen molar-refractivity contribution in [2.45, 2.75) is 11.9 Å². The molecule has 7 heteroatoms. The fourth-order valence-electron chi connectivity index (χ4n) is 2.30. The Morgan fingerprint density at radius 3 is 2.76 bits per heavy atom. The average Bonchev–Trinajstić information content (AvgIpc) is 3.09. The lowest BCUT2D eigenvalue weighted by molar-refractivity contribution is -0.274. The van der Waals surface area contributed by atoms with Crippen LogP contribution in [0.25, 0.3) is 0 Å². The van der Waals surface area contributed by atoms with Crippen molar-refractivity contribution in [3.05, 3.63) is 42.0 Å². The van der Waals surface area contributed by atoms with Gasteiger partial charge in [0.2, 0.25) is 0 Å². The highest BCUT2D eigenvalue weighted by molar-refractivity contribution is 8.14. The second kappa shape index (κ2) is 5.22. The summed E-state index contributed by atoms with van der Waals surface area (Å²) in [7, 11) is 0. The van der Waals surface area contributed by atoms with Gasteiger partial charge in [-0.1, -0.05) is 12.1 Å². The fraction of sp³-hybridized carbons (Fsp3) is 0.286. The predicted octanol–water partition coefficient (Wildman–Crippen LogP) is 3.57. The van der Waals surface area contributed by atoms with E-state index in [9.17, 15) is 13.2 Å². The van der Waals surface area contributed by atoms with Gasteiger partial charge >= 0.3 is 6.36 Å². The van der Waals surface area contributed by atoms with Crippen LogP contribution < -0.4 is 4.74 Å². The predicted molar refractivity (Wildman–Crippen MR) is 77.2 cm³/mol. The van der Waals surface area contributed by atoms with Crippen LogP contribution in [0.15, 0.2) is 46.4 Å². The van der Waals surface area contributed by atoms with Crippen LogP contribution >= 0.6 is 11.8 Å². The number of nitrogens with zero attached hydrogens (tertiary/aromatic N) is 2. The number of benzene rings is 1. The Bertz CT molecular complexity index is 625. The van der Waals surface area contributed by atoms with Crippen molar-refractivity contribution in [1.82, 2.24) is 0 Å². The minimum absolute atomic E-state index is 0.251. The van der Waals surface area contributed by atoms with Crippen molar-refractivity contribution in [3.8, 4) is 5.75 Å². The third kappa shape index (κ3) is 2.83. The van der Waals surface area contributed by atoms with Gasteiger partial charge < -0.3 is 4.74 Å². The molecule has 3 nitrogen and oxygen atoms in total. The molecule has 0 N–H and O–H groups in total. The summed E-state index contributed by atoms with van der Waals surface area (Å²) in [5.74, 6) is 0.609. The molecule has 0 radical (unpaired) electrons. The van der Waals surface area contributed by atoms with Gasteiger partial charge in [-0.25, -0.2) is 0 Å². The molecule has 110 valence electrons. The Hall–Kier alpha value is -1.76. The van der Waals surface area contributed by atoms with E-state index in [4.69, 9.17) is 0 Å². The number of hydrogen-bond acceptors (Lipinski definition) is 4. The number of rotatable bonds is 3. The summed E-state index contributed by atoms with van der Waals surface area (Å²) < 4.78 is 41.0. The van der Waals surface area contributed by atoms with E-state index in [2.05, 4.69) is 14.7 Å². The number of halogens is 3.